The van der Waals surface area contributed by atoms with Crippen LogP contribution in [0, 0.1) is 13.8 Å². The van der Waals surface area contributed by atoms with Crippen LogP contribution >= 0.6 is 0 Å². The van der Waals surface area contributed by atoms with Crippen LogP contribution in [-0.2, 0) is 6.42 Å². The molecule has 0 spiro atoms. The second-order valence-corrected chi connectivity index (χ2v) is 6.14. The molecule has 0 saturated heterocycles. The summed E-state index contributed by atoms with van der Waals surface area (Å²) in [5, 5.41) is 14.6. The summed E-state index contributed by atoms with van der Waals surface area (Å²) in [5.41, 5.74) is 4.60. The van der Waals surface area contributed by atoms with Gasteiger partial charge in [-0.05, 0) is 49.6 Å². The van der Waals surface area contributed by atoms with Gasteiger partial charge < -0.3 is 15.4 Å². The van der Waals surface area contributed by atoms with Crippen molar-refractivity contribution in [2.45, 2.75) is 20.3 Å². The van der Waals surface area contributed by atoms with Crippen LogP contribution in [0.3, 0.4) is 0 Å². The van der Waals surface area contributed by atoms with E-state index in [0.717, 1.165) is 23.4 Å². The minimum atomic E-state index is 0.502. The van der Waals surface area contributed by atoms with E-state index in [9.17, 15) is 0 Å². The summed E-state index contributed by atoms with van der Waals surface area (Å²) in [4.78, 5) is 4.48. The molecule has 26 heavy (non-hydrogen) atoms. The molecular formula is C20H23N5O. The first-order chi connectivity index (χ1) is 12.6. The number of nitrogens with one attached hydrogen (secondary N) is 2. The van der Waals surface area contributed by atoms with Crippen LogP contribution in [0.5, 0.6) is 5.75 Å². The zero-order valence-electron chi connectivity index (χ0n) is 15.3. The predicted molar refractivity (Wildman–Crippen MR) is 104 cm³/mol. The van der Waals surface area contributed by atoms with Crippen molar-refractivity contribution < 1.29 is 4.74 Å². The van der Waals surface area contributed by atoms with E-state index in [1.165, 1.54) is 11.1 Å². The third kappa shape index (κ3) is 4.69. The molecule has 1 aromatic heterocycles. The van der Waals surface area contributed by atoms with E-state index in [-0.39, 0.29) is 0 Å². The highest BCUT2D eigenvalue weighted by Gasteiger charge is 2.04. The van der Waals surface area contributed by atoms with Gasteiger partial charge in [0, 0.05) is 12.2 Å². The number of methoxy groups -OCH3 is 1. The summed E-state index contributed by atoms with van der Waals surface area (Å²) in [5.74, 6) is 2.03. The van der Waals surface area contributed by atoms with Gasteiger partial charge in [0.05, 0.1) is 13.3 Å². The highest BCUT2D eigenvalue weighted by atomic mass is 16.5. The Morgan fingerprint density at radius 1 is 1.08 bits per heavy atom. The van der Waals surface area contributed by atoms with Gasteiger partial charge in [-0.1, -0.05) is 29.8 Å². The van der Waals surface area contributed by atoms with E-state index in [1.807, 2.05) is 24.3 Å². The molecule has 6 heteroatoms. The van der Waals surface area contributed by atoms with E-state index in [4.69, 9.17) is 4.74 Å². The fraction of sp³-hybridized carbons (Fsp3) is 0.250. The Hall–Kier alpha value is -3.15. The molecule has 0 unspecified atom stereocenters. The van der Waals surface area contributed by atoms with Crippen molar-refractivity contribution in [3.05, 3.63) is 65.4 Å². The smallest absolute Gasteiger partial charge is 0.244 e. The monoisotopic (exact) mass is 349 g/mol. The standard InChI is InChI=1S/C20H23N5O/c1-14-7-8-18(15(2)11-14)23-19-13-22-25-20(24-19)21-10-9-16-5-4-6-17(12-16)26-3/h4-8,11-13H,9-10H2,1-3H3,(H2,21,23,24,25). The number of rotatable bonds is 7. The third-order valence-electron chi connectivity index (χ3n) is 4.03. The van der Waals surface area contributed by atoms with Crippen LogP contribution in [0.2, 0.25) is 0 Å². The van der Waals surface area contributed by atoms with Crippen molar-refractivity contribution in [1.82, 2.24) is 15.2 Å². The van der Waals surface area contributed by atoms with E-state index < -0.39 is 0 Å². The lowest BCUT2D eigenvalue weighted by molar-refractivity contribution is 0.414. The molecule has 6 nitrogen and oxygen atoms in total. The lowest BCUT2D eigenvalue weighted by Gasteiger charge is -2.10. The summed E-state index contributed by atoms with van der Waals surface area (Å²) in [6, 6.07) is 14.3. The van der Waals surface area contributed by atoms with Crippen molar-refractivity contribution in [3.8, 4) is 5.75 Å². The second kappa shape index (κ2) is 8.29. The summed E-state index contributed by atoms with van der Waals surface area (Å²) in [7, 11) is 1.67. The van der Waals surface area contributed by atoms with Gasteiger partial charge in [0.25, 0.3) is 0 Å². The molecule has 0 bridgehead atoms. The Morgan fingerprint density at radius 3 is 2.77 bits per heavy atom. The maximum Gasteiger partial charge on any atom is 0.244 e. The van der Waals surface area contributed by atoms with Crippen molar-refractivity contribution in [2.75, 3.05) is 24.3 Å². The molecule has 0 aliphatic rings. The Bertz CT molecular complexity index is 882. The van der Waals surface area contributed by atoms with Crippen LogP contribution < -0.4 is 15.4 Å². The van der Waals surface area contributed by atoms with Gasteiger partial charge in [0.15, 0.2) is 5.82 Å². The highest BCUT2D eigenvalue weighted by Crippen LogP contribution is 2.20. The average Bonchev–Trinajstić information content (AvgIpc) is 2.65. The lowest BCUT2D eigenvalue weighted by Crippen LogP contribution is -2.10. The van der Waals surface area contributed by atoms with Crippen molar-refractivity contribution in [3.63, 3.8) is 0 Å². The zero-order valence-corrected chi connectivity index (χ0v) is 15.3. The fourth-order valence-corrected chi connectivity index (χ4v) is 2.68. The molecule has 0 fully saturated rings. The van der Waals surface area contributed by atoms with Gasteiger partial charge in [0.2, 0.25) is 5.95 Å². The van der Waals surface area contributed by atoms with Crippen LogP contribution in [0.25, 0.3) is 0 Å². The summed E-state index contributed by atoms with van der Waals surface area (Å²) in [6.07, 6.45) is 2.46. The number of nitrogens with zero attached hydrogens (tertiary/aromatic N) is 3. The number of aromatic nitrogens is 3. The number of hydrogen-bond acceptors (Lipinski definition) is 6. The molecule has 1 heterocycles. The molecular weight excluding hydrogens is 326 g/mol. The molecule has 2 N–H and O–H groups in total. The largest absolute Gasteiger partial charge is 0.497 e. The van der Waals surface area contributed by atoms with E-state index in [1.54, 1.807) is 13.3 Å². The molecule has 0 saturated carbocycles. The molecule has 134 valence electrons. The second-order valence-electron chi connectivity index (χ2n) is 6.14. The van der Waals surface area contributed by atoms with Gasteiger partial charge >= 0.3 is 0 Å². The molecule has 3 aromatic rings. The fourth-order valence-electron chi connectivity index (χ4n) is 2.68. The van der Waals surface area contributed by atoms with Gasteiger partial charge in [-0.25, -0.2) is 0 Å². The first kappa shape index (κ1) is 17.7. The van der Waals surface area contributed by atoms with Crippen molar-refractivity contribution in [1.29, 1.82) is 0 Å². The lowest BCUT2D eigenvalue weighted by atomic mass is 10.1. The first-order valence-corrected chi connectivity index (χ1v) is 8.55. The summed E-state index contributed by atoms with van der Waals surface area (Å²) >= 11 is 0. The zero-order chi connectivity index (χ0) is 18.4. The maximum atomic E-state index is 5.25. The number of benzene rings is 2. The van der Waals surface area contributed by atoms with Gasteiger partial charge in [0.1, 0.15) is 5.75 Å². The van der Waals surface area contributed by atoms with E-state index in [2.05, 4.69) is 57.9 Å². The maximum absolute atomic E-state index is 5.25. The van der Waals surface area contributed by atoms with Gasteiger partial charge in [-0.2, -0.15) is 10.1 Å². The Morgan fingerprint density at radius 2 is 1.96 bits per heavy atom. The van der Waals surface area contributed by atoms with Crippen molar-refractivity contribution >= 4 is 17.5 Å². The minimum absolute atomic E-state index is 0.502. The van der Waals surface area contributed by atoms with Gasteiger partial charge in [-0.3, -0.25) is 0 Å². The first-order valence-electron chi connectivity index (χ1n) is 8.55. The number of anilines is 3. The molecule has 0 aliphatic carbocycles. The minimum Gasteiger partial charge on any atom is -0.497 e. The van der Waals surface area contributed by atoms with Crippen LogP contribution in [0.15, 0.2) is 48.7 Å². The van der Waals surface area contributed by atoms with E-state index in [0.29, 0.717) is 18.3 Å². The Kier molecular flexibility index (Phi) is 5.63. The van der Waals surface area contributed by atoms with Crippen LogP contribution in [0.4, 0.5) is 17.5 Å². The predicted octanol–water partition coefficient (Wildman–Crippen LogP) is 3.90. The average molecular weight is 349 g/mol. The Labute approximate surface area is 153 Å². The number of aryl methyl sites for hydroxylation is 2. The molecule has 0 aliphatic heterocycles. The highest BCUT2D eigenvalue weighted by molar-refractivity contribution is 5.60. The number of ether oxygens (including phenoxy) is 1. The topological polar surface area (TPSA) is 72.0 Å². The number of hydrogen-bond donors (Lipinski definition) is 2. The van der Waals surface area contributed by atoms with Crippen molar-refractivity contribution in [2.24, 2.45) is 0 Å². The SMILES string of the molecule is COc1cccc(CCNc2nncc(Nc3ccc(C)cc3C)n2)c1. The Balaban J connectivity index is 1.60. The quantitative estimate of drug-likeness (QED) is 0.674. The van der Waals surface area contributed by atoms with Gasteiger partial charge in [-0.15, -0.1) is 5.10 Å². The molecule has 0 radical (unpaired) electrons. The van der Waals surface area contributed by atoms with Crippen LogP contribution in [-0.4, -0.2) is 28.8 Å². The molecule has 3 rings (SSSR count). The molecule has 2 aromatic carbocycles. The normalized spacial score (nSPS) is 10.4. The summed E-state index contributed by atoms with van der Waals surface area (Å²) in [6.45, 7) is 4.85. The van der Waals surface area contributed by atoms with E-state index >= 15 is 0 Å². The molecule has 0 atom stereocenters. The summed E-state index contributed by atoms with van der Waals surface area (Å²) < 4.78 is 5.25. The molecule has 0 amide bonds. The van der Waals surface area contributed by atoms with Crippen LogP contribution in [0.1, 0.15) is 16.7 Å². The third-order valence-corrected chi connectivity index (χ3v) is 4.03.